The summed E-state index contributed by atoms with van der Waals surface area (Å²) in [4.78, 5) is 16.6. The van der Waals surface area contributed by atoms with Crippen LogP contribution in [0.5, 0.6) is 0 Å². The molecule has 0 bridgehead atoms. The van der Waals surface area contributed by atoms with Gasteiger partial charge in [-0.2, -0.15) is 0 Å². The summed E-state index contributed by atoms with van der Waals surface area (Å²) in [5.74, 6) is 0.165. The second kappa shape index (κ2) is 6.73. The van der Waals surface area contributed by atoms with Crippen LogP contribution in [0.4, 0.5) is 0 Å². The van der Waals surface area contributed by atoms with Gasteiger partial charge in [0.05, 0.1) is 4.88 Å². The number of carbonyl (C=O) groups is 1. The first-order chi connectivity index (χ1) is 8.50. The number of rotatable bonds is 2. The first-order valence-corrected chi connectivity index (χ1v) is 7.46. The minimum atomic E-state index is 0. The van der Waals surface area contributed by atoms with Gasteiger partial charge in [0.2, 0.25) is 0 Å². The van der Waals surface area contributed by atoms with Crippen molar-refractivity contribution in [2.75, 3.05) is 6.54 Å². The molecule has 2 atom stereocenters. The van der Waals surface area contributed by atoms with Gasteiger partial charge in [-0.25, -0.2) is 0 Å². The molecule has 2 rings (SSSR count). The van der Waals surface area contributed by atoms with Crippen LogP contribution in [0.25, 0.3) is 0 Å². The number of nitrogens with two attached hydrogens (primary N) is 1. The molecule has 19 heavy (non-hydrogen) atoms. The van der Waals surface area contributed by atoms with Crippen LogP contribution in [0, 0.1) is 13.8 Å². The molecule has 2 heterocycles. The first-order valence-electron chi connectivity index (χ1n) is 6.64. The monoisotopic (exact) mass is 302 g/mol. The van der Waals surface area contributed by atoms with Gasteiger partial charge in [-0.3, -0.25) is 4.79 Å². The van der Waals surface area contributed by atoms with E-state index < -0.39 is 0 Å². The van der Waals surface area contributed by atoms with Gasteiger partial charge in [0.15, 0.2) is 0 Å². The molecule has 0 spiro atoms. The summed E-state index contributed by atoms with van der Waals surface area (Å²) < 4.78 is 0. The molecule has 3 nitrogen and oxygen atoms in total. The van der Waals surface area contributed by atoms with Crippen LogP contribution in [0.2, 0.25) is 0 Å². The molecule has 2 N–H and O–H groups in total. The van der Waals surface area contributed by atoms with Crippen LogP contribution < -0.4 is 5.73 Å². The number of nitrogens with zero attached hydrogens (tertiary/aromatic N) is 1. The summed E-state index contributed by atoms with van der Waals surface area (Å²) >= 11 is 1.60. The van der Waals surface area contributed by atoms with E-state index in [0.717, 1.165) is 24.3 Å². The van der Waals surface area contributed by atoms with Gasteiger partial charge in [0, 0.05) is 23.5 Å². The van der Waals surface area contributed by atoms with Crippen molar-refractivity contribution in [3.05, 3.63) is 21.4 Å². The quantitative estimate of drug-likeness (QED) is 0.912. The molecule has 1 aliphatic rings. The van der Waals surface area contributed by atoms with Crippen molar-refractivity contribution in [2.45, 2.75) is 52.1 Å². The lowest BCUT2D eigenvalue weighted by molar-refractivity contribution is 0.0589. The van der Waals surface area contributed by atoms with E-state index in [-0.39, 0.29) is 30.4 Å². The Morgan fingerprint density at radius 2 is 2.16 bits per heavy atom. The van der Waals surface area contributed by atoms with E-state index in [4.69, 9.17) is 5.73 Å². The number of hydrogen-bond acceptors (Lipinski definition) is 3. The summed E-state index contributed by atoms with van der Waals surface area (Å²) in [5.41, 5.74) is 7.22. The van der Waals surface area contributed by atoms with Gasteiger partial charge in [0.25, 0.3) is 5.91 Å². The highest BCUT2D eigenvalue weighted by atomic mass is 35.5. The van der Waals surface area contributed by atoms with Crippen molar-refractivity contribution in [1.82, 2.24) is 4.90 Å². The molecule has 1 aliphatic heterocycles. The van der Waals surface area contributed by atoms with Gasteiger partial charge in [-0.1, -0.05) is 0 Å². The maximum atomic E-state index is 12.6. The maximum Gasteiger partial charge on any atom is 0.264 e. The fraction of sp³-hybridized carbons (Fsp3) is 0.643. The fourth-order valence-corrected chi connectivity index (χ4v) is 3.57. The SMILES string of the molecule is Cc1cc(C(=O)N2CCCCC2C(C)N)sc1C.Cl. The average molecular weight is 303 g/mol. The van der Waals surface area contributed by atoms with Crippen LogP contribution in [-0.2, 0) is 0 Å². The largest absolute Gasteiger partial charge is 0.333 e. The summed E-state index contributed by atoms with van der Waals surface area (Å²) in [6.45, 7) is 6.97. The van der Waals surface area contributed by atoms with Crippen LogP contribution in [0.15, 0.2) is 6.07 Å². The number of hydrogen-bond donors (Lipinski definition) is 1. The van der Waals surface area contributed by atoms with Crippen molar-refractivity contribution < 1.29 is 4.79 Å². The summed E-state index contributed by atoms with van der Waals surface area (Å²) in [6, 6.07) is 2.26. The third-order valence-electron chi connectivity index (χ3n) is 3.79. The molecule has 0 aromatic carbocycles. The number of thiophene rings is 1. The van der Waals surface area contributed by atoms with Crippen LogP contribution >= 0.6 is 23.7 Å². The van der Waals surface area contributed by atoms with Crippen molar-refractivity contribution in [2.24, 2.45) is 5.73 Å². The van der Waals surface area contributed by atoms with Crippen molar-refractivity contribution >= 4 is 29.7 Å². The third-order valence-corrected chi connectivity index (χ3v) is 4.93. The van der Waals surface area contributed by atoms with Gasteiger partial charge in [0.1, 0.15) is 0 Å². The van der Waals surface area contributed by atoms with E-state index in [0.29, 0.717) is 0 Å². The molecule has 1 fully saturated rings. The standard InChI is InChI=1S/C14H22N2OS.ClH/c1-9-8-13(18-11(9)3)14(17)16-7-5-4-6-12(16)10(2)15;/h8,10,12H,4-7,15H2,1-3H3;1H. The van der Waals surface area contributed by atoms with Gasteiger partial charge >= 0.3 is 0 Å². The van der Waals surface area contributed by atoms with Gasteiger partial charge < -0.3 is 10.6 Å². The molecule has 1 aromatic rings. The number of piperidine rings is 1. The lowest BCUT2D eigenvalue weighted by Crippen LogP contribution is -2.51. The lowest BCUT2D eigenvalue weighted by Gasteiger charge is -2.37. The van der Waals surface area contributed by atoms with E-state index >= 15 is 0 Å². The fourth-order valence-electron chi connectivity index (χ4n) is 2.58. The molecule has 0 saturated carbocycles. The Morgan fingerprint density at radius 1 is 1.47 bits per heavy atom. The minimum absolute atomic E-state index is 0. The molecule has 5 heteroatoms. The Balaban J connectivity index is 0.00000180. The average Bonchev–Trinajstić information content (AvgIpc) is 2.68. The van der Waals surface area contributed by atoms with E-state index in [9.17, 15) is 4.79 Å². The topological polar surface area (TPSA) is 46.3 Å². The van der Waals surface area contributed by atoms with Crippen LogP contribution in [0.3, 0.4) is 0 Å². The second-order valence-electron chi connectivity index (χ2n) is 5.27. The highest BCUT2D eigenvalue weighted by Gasteiger charge is 2.30. The zero-order chi connectivity index (χ0) is 13.3. The number of aryl methyl sites for hydroxylation is 2. The molecular formula is C14H23ClN2OS. The Bertz CT molecular complexity index is 425. The number of likely N-dealkylation sites (tertiary alicyclic amines) is 1. The second-order valence-corrected chi connectivity index (χ2v) is 6.53. The highest BCUT2D eigenvalue weighted by molar-refractivity contribution is 7.14. The summed E-state index contributed by atoms with van der Waals surface area (Å²) in [5, 5.41) is 0. The molecular weight excluding hydrogens is 280 g/mol. The molecule has 0 aliphatic carbocycles. The predicted molar refractivity (Wildman–Crippen MR) is 83.4 cm³/mol. The van der Waals surface area contributed by atoms with Crippen molar-refractivity contribution in [1.29, 1.82) is 0 Å². The Hall–Kier alpha value is -0.580. The molecule has 1 amide bonds. The number of carbonyl (C=O) groups excluding carboxylic acids is 1. The summed E-state index contributed by atoms with van der Waals surface area (Å²) in [6.07, 6.45) is 3.31. The number of amides is 1. The van der Waals surface area contributed by atoms with Gasteiger partial charge in [-0.05, 0) is 51.7 Å². The van der Waals surface area contributed by atoms with Crippen LogP contribution in [-0.4, -0.2) is 29.4 Å². The molecule has 1 aromatic heterocycles. The zero-order valence-electron chi connectivity index (χ0n) is 11.8. The van der Waals surface area contributed by atoms with E-state index in [1.807, 2.05) is 17.9 Å². The van der Waals surface area contributed by atoms with E-state index in [2.05, 4.69) is 13.8 Å². The Morgan fingerprint density at radius 3 is 2.68 bits per heavy atom. The smallest absolute Gasteiger partial charge is 0.264 e. The lowest BCUT2D eigenvalue weighted by atomic mass is 9.97. The van der Waals surface area contributed by atoms with E-state index in [1.54, 1.807) is 11.3 Å². The van der Waals surface area contributed by atoms with Crippen LogP contribution in [0.1, 0.15) is 46.3 Å². The van der Waals surface area contributed by atoms with Gasteiger partial charge in [-0.15, -0.1) is 23.7 Å². The van der Waals surface area contributed by atoms with Crippen molar-refractivity contribution in [3.63, 3.8) is 0 Å². The Labute approximate surface area is 125 Å². The molecule has 1 saturated heterocycles. The first kappa shape index (κ1) is 16.5. The predicted octanol–water partition coefficient (Wildman–Crippen LogP) is 3.13. The Kier molecular flexibility index (Phi) is 5.83. The van der Waals surface area contributed by atoms with Crippen molar-refractivity contribution in [3.8, 4) is 0 Å². The third kappa shape index (κ3) is 3.50. The normalized spacial score (nSPS) is 20.8. The minimum Gasteiger partial charge on any atom is -0.333 e. The molecule has 0 radical (unpaired) electrons. The summed E-state index contributed by atoms with van der Waals surface area (Å²) in [7, 11) is 0. The molecule has 2 unspecified atom stereocenters. The maximum absolute atomic E-state index is 12.6. The zero-order valence-corrected chi connectivity index (χ0v) is 13.4. The van der Waals surface area contributed by atoms with E-state index in [1.165, 1.54) is 16.9 Å². The number of halogens is 1. The molecule has 108 valence electrons. The highest BCUT2D eigenvalue weighted by Crippen LogP contribution is 2.26.